The summed E-state index contributed by atoms with van der Waals surface area (Å²) in [6.07, 6.45) is 0.116. The molecular weight excluding hydrogens is 652 g/mol. The van der Waals surface area contributed by atoms with Crippen molar-refractivity contribution in [3.63, 3.8) is 0 Å². The lowest BCUT2D eigenvalue weighted by atomic mass is 10.1. The summed E-state index contributed by atoms with van der Waals surface area (Å²) < 4.78 is 0. The zero-order valence-electron chi connectivity index (χ0n) is 27.1. The summed E-state index contributed by atoms with van der Waals surface area (Å²) in [5.41, 5.74) is 22.0. The summed E-state index contributed by atoms with van der Waals surface area (Å²) in [6.45, 7) is -0.271. The van der Waals surface area contributed by atoms with Gasteiger partial charge < -0.3 is 64.4 Å². The number of aliphatic carboxylic acids is 3. The molecule has 5 amide bonds. The van der Waals surface area contributed by atoms with E-state index in [2.05, 4.69) is 26.3 Å². The predicted molar refractivity (Wildman–Crippen MR) is 171 cm³/mol. The van der Waals surface area contributed by atoms with Crippen LogP contribution in [0.2, 0.25) is 0 Å². The van der Waals surface area contributed by atoms with Crippen molar-refractivity contribution in [2.24, 2.45) is 27.9 Å². The maximum atomic E-state index is 13.7. The molecule has 0 unspecified atom stereocenters. The van der Waals surface area contributed by atoms with Gasteiger partial charge in [-0.15, -0.1) is 0 Å². The number of amides is 5. The highest BCUT2D eigenvalue weighted by Crippen LogP contribution is 2.20. The molecule has 0 aliphatic carbocycles. The van der Waals surface area contributed by atoms with Gasteiger partial charge in [0.1, 0.15) is 30.7 Å². The van der Waals surface area contributed by atoms with Gasteiger partial charge in [-0.2, -0.15) is 0 Å². The van der Waals surface area contributed by atoms with E-state index >= 15 is 0 Å². The number of rotatable bonds is 23. The fourth-order valence-corrected chi connectivity index (χ4v) is 4.92. The fraction of sp³-hybridized carbons (Fsp3) is 0.679. The van der Waals surface area contributed by atoms with Gasteiger partial charge in [0.05, 0.1) is 12.5 Å². The molecule has 0 aromatic carbocycles. The van der Waals surface area contributed by atoms with Crippen LogP contribution in [-0.2, 0) is 38.4 Å². The standard InChI is InChI=1S/C28H48N10O11/c29-10-2-1-5-16(24(46)34-14-22(43)44)35-25(47)18(13-21(41)42)37-26(48)19-7-4-12-38(19)27(49)17(6-3-11-33-28(31)32)36-23(45)15(30)8-9-20(39)40/h15-19H,1-14,29-30H2,(H,34,46)(H,35,47)(H,36,45)(H,37,48)(H,39,40)(H,41,42)(H,43,44)(H4,31,32,33)/t15-,16-,17-,18-,19-/m0/s1. The van der Waals surface area contributed by atoms with Gasteiger partial charge in [-0.1, -0.05) is 0 Å². The highest BCUT2D eigenvalue weighted by atomic mass is 16.4. The Kier molecular flexibility index (Phi) is 18.6. The first-order valence-electron chi connectivity index (χ1n) is 15.7. The van der Waals surface area contributed by atoms with Crippen molar-refractivity contribution in [1.29, 1.82) is 0 Å². The Bertz CT molecular complexity index is 1230. The highest BCUT2D eigenvalue weighted by molar-refractivity contribution is 5.97. The molecule has 1 saturated heterocycles. The van der Waals surface area contributed by atoms with Crippen LogP contribution in [0, 0.1) is 0 Å². The van der Waals surface area contributed by atoms with E-state index in [1.54, 1.807) is 0 Å². The Balaban J connectivity index is 3.16. The van der Waals surface area contributed by atoms with Gasteiger partial charge in [0.25, 0.3) is 0 Å². The van der Waals surface area contributed by atoms with Crippen molar-refractivity contribution in [2.75, 3.05) is 26.2 Å². The van der Waals surface area contributed by atoms with Crippen molar-refractivity contribution in [1.82, 2.24) is 26.2 Å². The molecule has 5 atom stereocenters. The molecule has 1 fully saturated rings. The minimum Gasteiger partial charge on any atom is -0.481 e. The summed E-state index contributed by atoms with van der Waals surface area (Å²) in [7, 11) is 0. The van der Waals surface area contributed by atoms with Crippen molar-refractivity contribution in [3.05, 3.63) is 0 Å². The van der Waals surface area contributed by atoms with Crippen LogP contribution in [0.1, 0.15) is 64.2 Å². The number of nitrogens with zero attached hydrogens (tertiary/aromatic N) is 2. The van der Waals surface area contributed by atoms with E-state index < -0.39 is 97.0 Å². The largest absolute Gasteiger partial charge is 0.481 e. The van der Waals surface area contributed by atoms with Gasteiger partial charge in [0.15, 0.2) is 5.96 Å². The average Bonchev–Trinajstić information content (AvgIpc) is 3.52. The molecule has 0 bridgehead atoms. The monoisotopic (exact) mass is 700 g/mol. The van der Waals surface area contributed by atoms with E-state index in [4.69, 9.17) is 33.1 Å². The molecule has 1 heterocycles. The lowest BCUT2D eigenvalue weighted by Gasteiger charge is -2.30. The minimum atomic E-state index is -1.69. The second kappa shape index (κ2) is 21.8. The van der Waals surface area contributed by atoms with Crippen LogP contribution in [0.5, 0.6) is 0 Å². The third-order valence-corrected chi connectivity index (χ3v) is 7.41. The van der Waals surface area contributed by atoms with Gasteiger partial charge in [-0.05, 0) is 57.9 Å². The van der Waals surface area contributed by atoms with Crippen LogP contribution >= 0.6 is 0 Å². The molecule has 21 heteroatoms. The van der Waals surface area contributed by atoms with Gasteiger partial charge in [-0.3, -0.25) is 43.3 Å². The molecule has 0 spiro atoms. The number of nitrogens with one attached hydrogen (secondary N) is 4. The maximum absolute atomic E-state index is 13.7. The number of hydrogen-bond donors (Lipinski definition) is 11. The topological polar surface area (TPSA) is 365 Å². The SMILES string of the molecule is NCCCC[C@H](NC(=O)[C@H](CC(=O)O)NC(=O)[C@@H]1CCCN1C(=O)[C@H](CCCN=C(N)N)NC(=O)[C@@H](N)CCC(=O)O)C(=O)NCC(=O)O. The first-order chi connectivity index (χ1) is 23.1. The first kappa shape index (κ1) is 42.0. The summed E-state index contributed by atoms with van der Waals surface area (Å²) in [5, 5.41) is 36.6. The Hall–Kier alpha value is -5.05. The molecule has 0 aromatic heterocycles. The molecule has 1 rings (SSSR count). The molecule has 21 nitrogen and oxygen atoms in total. The first-order valence-corrected chi connectivity index (χ1v) is 15.7. The fourth-order valence-electron chi connectivity index (χ4n) is 4.92. The van der Waals surface area contributed by atoms with E-state index in [1.165, 1.54) is 4.90 Å². The van der Waals surface area contributed by atoms with E-state index in [-0.39, 0.29) is 57.7 Å². The van der Waals surface area contributed by atoms with Crippen LogP contribution in [0.4, 0.5) is 0 Å². The Morgan fingerprint density at radius 1 is 0.776 bits per heavy atom. The van der Waals surface area contributed by atoms with E-state index in [0.717, 1.165) is 0 Å². The Morgan fingerprint density at radius 3 is 2.02 bits per heavy atom. The number of carbonyl (C=O) groups is 8. The summed E-state index contributed by atoms with van der Waals surface area (Å²) in [5.74, 6) is -8.37. The number of guanidine groups is 1. The molecule has 49 heavy (non-hydrogen) atoms. The molecule has 1 aliphatic heterocycles. The van der Waals surface area contributed by atoms with E-state index in [1.807, 2.05) is 0 Å². The summed E-state index contributed by atoms with van der Waals surface area (Å²) in [6, 6.07) is -6.59. The van der Waals surface area contributed by atoms with Gasteiger partial charge >= 0.3 is 17.9 Å². The van der Waals surface area contributed by atoms with Crippen LogP contribution < -0.4 is 44.2 Å². The molecule has 15 N–H and O–H groups in total. The van der Waals surface area contributed by atoms with Gasteiger partial charge in [0, 0.05) is 19.5 Å². The Morgan fingerprint density at radius 2 is 1.43 bits per heavy atom. The number of likely N-dealkylation sites (tertiary alicyclic amines) is 1. The summed E-state index contributed by atoms with van der Waals surface area (Å²) >= 11 is 0. The third-order valence-electron chi connectivity index (χ3n) is 7.41. The quantitative estimate of drug-likeness (QED) is 0.0272. The number of carboxylic acids is 3. The van der Waals surface area contributed by atoms with Gasteiger partial charge in [-0.25, -0.2) is 0 Å². The zero-order valence-corrected chi connectivity index (χ0v) is 27.1. The van der Waals surface area contributed by atoms with Crippen molar-refractivity contribution >= 4 is 53.4 Å². The van der Waals surface area contributed by atoms with Gasteiger partial charge in [0.2, 0.25) is 29.5 Å². The van der Waals surface area contributed by atoms with E-state index in [0.29, 0.717) is 19.3 Å². The molecular formula is C28H48N10O11. The molecule has 0 saturated carbocycles. The lowest BCUT2D eigenvalue weighted by molar-refractivity contribution is -0.144. The van der Waals surface area contributed by atoms with Crippen molar-refractivity contribution in [2.45, 2.75) is 94.4 Å². The smallest absolute Gasteiger partial charge is 0.322 e. The average molecular weight is 701 g/mol. The third kappa shape index (κ3) is 16.1. The molecule has 0 radical (unpaired) electrons. The van der Waals surface area contributed by atoms with Crippen molar-refractivity contribution in [3.8, 4) is 0 Å². The van der Waals surface area contributed by atoms with Crippen LogP contribution in [0.3, 0.4) is 0 Å². The number of carboxylic acid groups (broad SMARTS) is 3. The molecule has 276 valence electrons. The number of unbranched alkanes of at least 4 members (excludes halogenated alkanes) is 1. The number of carbonyl (C=O) groups excluding carboxylic acids is 5. The van der Waals surface area contributed by atoms with Crippen LogP contribution in [0.15, 0.2) is 4.99 Å². The van der Waals surface area contributed by atoms with E-state index in [9.17, 15) is 43.5 Å². The zero-order chi connectivity index (χ0) is 37.1. The minimum absolute atomic E-state index is 0.0113. The molecule has 1 aliphatic rings. The lowest BCUT2D eigenvalue weighted by Crippen LogP contribution is -2.58. The van der Waals surface area contributed by atoms with Crippen molar-refractivity contribution < 1.29 is 53.7 Å². The number of aliphatic imine (C=N–C) groups is 1. The van der Waals surface area contributed by atoms with Crippen LogP contribution in [-0.4, -0.2) is 130 Å². The maximum Gasteiger partial charge on any atom is 0.322 e. The predicted octanol–water partition coefficient (Wildman–Crippen LogP) is -4.52. The second-order valence-electron chi connectivity index (χ2n) is 11.4. The highest BCUT2D eigenvalue weighted by Gasteiger charge is 2.39. The normalized spacial score (nSPS) is 16.3. The van der Waals surface area contributed by atoms with Crippen LogP contribution in [0.25, 0.3) is 0 Å². The second-order valence-corrected chi connectivity index (χ2v) is 11.4. The summed E-state index contributed by atoms with van der Waals surface area (Å²) in [4.78, 5) is 104. The number of hydrogen-bond acceptors (Lipinski definition) is 11. The Labute approximate surface area is 281 Å². The molecule has 0 aromatic rings. The number of nitrogens with two attached hydrogens (primary N) is 4.